The zero-order chi connectivity index (χ0) is 20.4. The van der Waals surface area contributed by atoms with Gasteiger partial charge in [-0.2, -0.15) is 0 Å². The molecule has 1 saturated heterocycles. The molecule has 2 aromatic rings. The molecular weight excluding hydrogens is 382 g/mol. The van der Waals surface area contributed by atoms with Crippen molar-refractivity contribution in [2.45, 2.75) is 52.5 Å². The summed E-state index contributed by atoms with van der Waals surface area (Å²) < 4.78 is 0. The Kier molecular flexibility index (Phi) is 5.54. The predicted octanol–water partition coefficient (Wildman–Crippen LogP) is 4.37. The number of benzene rings is 1. The molecule has 1 N–H and O–H groups in total. The normalized spacial score (nSPS) is 21.5. The van der Waals surface area contributed by atoms with Crippen molar-refractivity contribution in [3.63, 3.8) is 0 Å². The van der Waals surface area contributed by atoms with Crippen LogP contribution in [-0.4, -0.2) is 28.2 Å². The molecule has 5 nitrogen and oxygen atoms in total. The van der Waals surface area contributed by atoms with Gasteiger partial charge in [0.1, 0.15) is 4.88 Å². The smallest absolute Gasteiger partial charge is 0.263 e. The molecule has 0 bridgehead atoms. The van der Waals surface area contributed by atoms with E-state index in [0.29, 0.717) is 24.4 Å². The van der Waals surface area contributed by atoms with E-state index in [1.807, 2.05) is 36.9 Å². The summed E-state index contributed by atoms with van der Waals surface area (Å²) in [7, 11) is 0. The Morgan fingerprint density at radius 3 is 2.76 bits per heavy atom. The molecule has 1 aliphatic heterocycles. The number of aromatic nitrogens is 1. The van der Waals surface area contributed by atoms with E-state index in [2.05, 4.69) is 28.5 Å². The van der Waals surface area contributed by atoms with Crippen LogP contribution in [0.15, 0.2) is 42.1 Å². The van der Waals surface area contributed by atoms with E-state index in [-0.39, 0.29) is 17.2 Å². The second-order valence-corrected chi connectivity index (χ2v) is 9.26. The summed E-state index contributed by atoms with van der Waals surface area (Å²) in [6.45, 7) is 4.95. The number of aryl methyl sites for hydroxylation is 2. The Labute approximate surface area is 175 Å². The highest BCUT2D eigenvalue weighted by atomic mass is 32.1. The van der Waals surface area contributed by atoms with Gasteiger partial charge in [0.25, 0.3) is 5.91 Å². The highest BCUT2D eigenvalue weighted by molar-refractivity contribution is 7.13. The minimum atomic E-state index is -0.162. The van der Waals surface area contributed by atoms with Gasteiger partial charge in [-0.25, -0.2) is 4.98 Å². The first-order valence-electron chi connectivity index (χ1n) is 10.3. The SMILES string of the molecule is Cc1nc(C)c(C(=O)NCC23CCCC=C2N(Cc2ccccc2)C(=O)CC3)s1. The van der Waals surface area contributed by atoms with Gasteiger partial charge in [-0.1, -0.05) is 36.4 Å². The van der Waals surface area contributed by atoms with E-state index in [9.17, 15) is 9.59 Å². The Morgan fingerprint density at radius 2 is 2.03 bits per heavy atom. The van der Waals surface area contributed by atoms with E-state index < -0.39 is 0 Å². The van der Waals surface area contributed by atoms with Crippen LogP contribution in [0.2, 0.25) is 0 Å². The van der Waals surface area contributed by atoms with Gasteiger partial charge in [0.15, 0.2) is 0 Å². The number of carbonyl (C=O) groups is 2. The molecule has 0 radical (unpaired) electrons. The van der Waals surface area contributed by atoms with Crippen LogP contribution < -0.4 is 5.32 Å². The first-order valence-corrected chi connectivity index (χ1v) is 11.1. The Bertz CT molecular complexity index is 950. The standard InChI is InChI=1S/C23H27N3O2S/c1-16-21(29-17(2)25-16)22(28)24-15-23-12-7-6-10-19(23)26(20(27)11-13-23)14-18-8-4-3-5-9-18/h3-5,8-10H,6-7,11-15H2,1-2H3,(H,24,28). The number of carbonyl (C=O) groups excluding carboxylic acids is 2. The largest absolute Gasteiger partial charge is 0.350 e. The molecule has 152 valence electrons. The minimum Gasteiger partial charge on any atom is -0.350 e. The number of amides is 2. The lowest BCUT2D eigenvalue weighted by atomic mass is 9.69. The van der Waals surface area contributed by atoms with Crippen LogP contribution in [-0.2, 0) is 11.3 Å². The van der Waals surface area contributed by atoms with Gasteiger partial charge in [0.05, 0.1) is 17.2 Å². The van der Waals surface area contributed by atoms with Gasteiger partial charge in [-0.3, -0.25) is 9.59 Å². The number of thiazole rings is 1. The third kappa shape index (κ3) is 3.99. The molecule has 4 rings (SSSR count). The second-order valence-electron chi connectivity index (χ2n) is 8.06. The third-order valence-electron chi connectivity index (χ3n) is 6.03. The number of hydrogen-bond donors (Lipinski definition) is 1. The van der Waals surface area contributed by atoms with Crippen LogP contribution in [0.4, 0.5) is 0 Å². The Hall–Kier alpha value is -2.47. The van der Waals surface area contributed by atoms with Crippen molar-refractivity contribution in [3.05, 3.63) is 63.2 Å². The maximum absolute atomic E-state index is 12.8. The third-order valence-corrected chi connectivity index (χ3v) is 7.10. The van der Waals surface area contributed by atoms with Gasteiger partial charge >= 0.3 is 0 Å². The molecule has 0 saturated carbocycles. The molecule has 2 amide bonds. The summed E-state index contributed by atoms with van der Waals surface area (Å²) in [6.07, 6.45) is 6.61. The zero-order valence-electron chi connectivity index (χ0n) is 17.0. The summed E-state index contributed by atoms with van der Waals surface area (Å²) in [6, 6.07) is 10.1. The first kappa shape index (κ1) is 19.8. The van der Waals surface area contributed by atoms with Crippen molar-refractivity contribution in [3.8, 4) is 0 Å². The number of fused-ring (bicyclic) bond motifs is 1. The summed E-state index contributed by atoms with van der Waals surface area (Å²) in [5, 5.41) is 4.07. The molecule has 1 fully saturated rings. The zero-order valence-corrected chi connectivity index (χ0v) is 17.8. The Morgan fingerprint density at radius 1 is 1.24 bits per heavy atom. The van der Waals surface area contributed by atoms with Crippen LogP contribution in [0.5, 0.6) is 0 Å². The average molecular weight is 410 g/mol. The molecule has 1 aliphatic carbocycles. The number of allylic oxidation sites excluding steroid dienone is 1. The number of piperidine rings is 1. The van der Waals surface area contributed by atoms with Gasteiger partial charge in [0, 0.05) is 24.1 Å². The quantitative estimate of drug-likeness (QED) is 0.798. The van der Waals surface area contributed by atoms with E-state index in [1.165, 1.54) is 11.3 Å². The molecule has 2 aliphatic rings. The molecule has 29 heavy (non-hydrogen) atoms. The first-order chi connectivity index (χ1) is 14.0. The average Bonchev–Trinajstić information content (AvgIpc) is 3.07. The fourth-order valence-electron chi connectivity index (χ4n) is 4.57. The van der Waals surface area contributed by atoms with Crippen molar-refractivity contribution in [1.82, 2.24) is 15.2 Å². The number of hydrogen-bond acceptors (Lipinski definition) is 4. The lowest BCUT2D eigenvalue weighted by molar-refractivity contribution is -0.134. The predicted molar refractivity (Wildman–Crippen MR) is 115 cm³/mol. The van der Waals surface area contributed by atoms with Crippen molar-refractivity contribution in [1.29, 1.82) is 0 Å². The number of nitrogens with zero attached hydrogens (tertiary/aromatic N) is 2. The Balaban J connectivity index is 1.55. The van der Waals surface area contributed by atoms with Crippen molar-refractivity contribution in [2.75, 3.05) is 6.54 Å². The monoisotopic (exact) mass is 409 g/mol. The molecule has 1 aromatic heterocycles. The summed E-state index contributed by atoms with van der Waals surface area (Å²) >= 11 is 1.44. The van der Waals surface area contributed by atoms with Crippen LogP contribution in [0, 0.1) is 19.3 Å². The van der Waals surface area contributed by atoms with Crippen LogP contribution >= 0.6 is 11.3 Å². The van der Waals surface area contributed by atoms with Crippen LogP contribution in [0.25, 0.3) is 0 Å². The maximum atomic E-state index is 12.8. The molecular formula is C23H27N3O2S. The summed E-state index contributed by atoms with van der Waals surface area (Å²) in [4.78, 5) is 32.6. The molecule has 1 aromatic carbocycles. The van der Waals surface area contributed by atoms with Gasteiger partial charge in [-0.15, -0.1) is 11.3 Å². The minimum absolute atomic E-state index is 0.0566. The van der Waals surface area contributed by atoms with E-state index in [1.54, 1.807) is 0 Å². The topological polar surface area (TPSA) is 62.3 Å². The van der Waals surface area contributed by atoms with E-state index in [0.717, 1.165) is 47.6 Å². The molecule has 1 atom stereocenters. The van der Waals surface area contributed by atoms with Gasteiger partial charge in [0.2, 0.25) is 5.91 Å². The van der Waals surface area contributed by atoms with E-state index in [4.69, 9.17) is 0 Å². The fraction of sp³-hybridized carbons (Fsp3) is 0.435. The fourth-order valence-corrected chi connectivity index (χ4v) is 5.40. The van der Waals surface area contributed by atoms with E-state index >= 15 is 0 Å². The van der Waals surface area contributed by atoms with Crippen molar-refractivity contribution < 1.29 is 9.59 Å². The highest BCUT2D eigenvalue weighted by Gasteiger charge is 2.44. The summed E-state index contributed by atoms with van der Waals surface area (Å²) in [5.74, 6) is 0.122. The van der Waals surface area contributed by atoms with Crippen molar-refractivity contribution >= 4 is 23.2 Å². The van der Waals surface area contributed by atoms with Crippen molar-refractivity contribution in [2.24, 2.45) is 5.41 Å². The van der Waals surface area contributed by atoms with Gasteiger partial charge < -0.3 is 10.2 Å². The van der Waals surface area contributed by atoms with Gasteiger partial charge in [-0.05, 0) is 45.1 Å². The molecule has 6 heteroatoms. The number of likely N-dealkylation sites (tertiary alicyclic amines) is 1. The lowest BCUT2D eigenvalue weighted by Gasteiger charge is -2.47. The molecule has 1 unspecified atom stereocenters. The second kappa shape index (κ2) is 8.11. The number of nitrogens with one attached hydrogen (secondary N) is 1. The van der Waals surface area contributed by atoms with Crippen LogP contribution in [0.1, 0.15) is 58.0 Å². The number of rotatable bonds is 5. The molecule has 2 heterocycles. The lowest BCUT2D eigenvalue weighted by Crippen LogP contribution is -2.50. The van der Waals surface area contributed by atoms with Crippen LogP contribution in [0.3, 0.4) is 0 Å². The maximum Gasteiger partial charge on any atom is 0.263 e. The summed E-state index contributed by atoms with van der Waals surface area (Å²) in [5.41, 5.74) is 2.85. The molecule has 0 spiro atoms. The highest BCUT2D eigenvalue weighted by Crippen LogP contribution is 2.46.